The molecule has 0 aromatic heterocycles. The molecule has 0 aromatic rings. The maximum atomic E-state index is 11.7. The molecule has 108 valence electrons. The molecule has 0 bridgehead atoms. The predicted molar refractivity (Wildman–Crippen MR) is 74.6 cm³/mol. The van der Waals surface area contributed by atoms with Crippen molar-refractivity contribution in [2.45, 2.75) is 33.8 Å². The Kier molecular flexibility index (Phi) is 9.92. The van der Waals surface area contributed by atoms with Gasteiger partial charge in [-0.1, -0.05) is 13.8 Å². The average molecular weight is 259 g/mol. The summed E-state index contributed by atoms with van der Waals surface area (Å²) in [6.45, 7) is 12.9. The second kappa shape index (κ2) is 10.3. The number of amides is 1. The zero-order valence-electron chi connectivity index (χ0n) is 12.3. The maximum Gasteiger partial charge on any atom is 0.236 e. The lowest BCUT2D eigenvalue weighted by molar-refractivity contribution is -0.129. The molecule has 1 atom stereocenters. The van der Waals surface area contributed by atoms with Crippen LogP contribution in [0, 0.1) is 0 Å². The van der Waals surface area contributed by atoms with Gasteiger partial charge in [-0.15, -0.1) is 0 Å². The van der Waals surface area contributed by atoms with Crippen LogP contribution in [-0.2, 0) is 4.79 Å². The van der Waals surface area contributed by atoms with Crippen LogP contribution in [0.2, 0.25) is 0 Å². The molecule has 0 fully saturated rings. The molecule has 0 aromatic carbocycles. The summed E-state index contributed by atoms with van der Waals surface area (Å²) >= 11 is 0. The van der Waals surface area contributed by atoms with E-state index in [-0.39, 0.29) is 5.91 Å². The van der Waals surface area contributed by atoms with Crippen molar-refractivity contribution in [1.29, 1.82) is 0 Å². The first-order valence-corrected chi connectivity index (χ1v) is 6.97. The summed E-state index contributed by atoms with van der Waals surface area (Å²) in [4.78, 5) is 15.6. The number of carbonyl (C=O) groups is 1. The minimum atomic E-state index is -0.422. The molecule has 1 amide bonds. The first-order chi connectivity index (χ1) is 8.58. The van der Waals surface area contributed by atoms with Gasteiger partial charge in [0, 0.05) is 26.2 Å². The molecule has 1 unspecified atom stereocenters. The fourth-order valence-corrected chi connectivity index (χ4v) is 1.88. The number of nitrogens with zero attached hydrogens (tertiary/aromatic N) is 2. The van der Waals surface area contributed by atoms with Crippen LogP contribution in [0.5, 0.6) is 0 Å². The van der Waals surface area contributed by atoms with Crippen molar-refractivity contribution in [2.75, 3.05) is 45.8 Å². The van der Waals surface area contributed by atoms with Gasteiger partial charge in [0.15, 0.2) is 0 Å². The highest BCUT2D eigenvalue weighted by atomic mass is 16.3. The van der Waals surface area contributed by atoms with E-state index in [9.17, 15) is 9.90 Å². The van der Waals surface area contributed by atoms with Crippen molar-refractivity contribution < 1.29 is 9.90 Å². The van der Waals surface area contributed by atoms with E-state index >= 15 is 0 Å². The second-order valence-electron chi connectivity index (χ2n) is 4.34. The molecule has 0 aliphatic heterocycles. The highest BCUT2D eigenvalue weighted by Gasteiger charge is 2.11. The first kappa shape index (κ1) is 17.4. The molecule has 0 radical (unpaired) electrons. The third-order valence-electron chi connectivity index (χ3n) is 3.14. The van der Waals surface area contributed by atoms with E-state index in [1.54, 1.807) is 4.90 Å². The number of likely N-dealkylation sites (N-methyl/N-ethyl adjacent to an activating group) is 2. The van der Waals surface area contributed by atoms with E-state index in [4.69, 9.17) is 0 Å². The van der Waals surface area contributed by atoms with Crippen molar-refractivity contribution >= 4 is 5.91 Å². The van der Waals surface area contributed by atoms with E-state index in [1.165, 1.54) is 0 Å². The van der Waals surface area contributed by atoms with Crippen molar-refractivity contribution in [3.05, 3.63) is 0 Å². The van der Waals surface area contributed by atoms with Crippen molar-refractivity contribution in [3.8, 4) is 0 Å². The van der Waals surface area contributed by atoms with Crippen LogP contribution in [0.4, 0.5) is 0 Å². The van der Waals surface area contributed by atoms with Crippen LogP contribution < -0.4 is 5.32 Å². The number of nitrogens with one attached hydrogen (secondary N) is 1. The van der Waals surface area contributed by atoms with Gasteiger partial charge in [0.2, 0.25) is 5.91 Å². The van der Waals surface area contributed by atoms with Gasteiger partial charge in [-0.05, 0) is 26.9 Å². The van der Waals surface area contributed by atoms with E-state index in [2.05, 4.69) is 24.1 Å². The topological polar surface area (TPSA) is 55.8 Å². The number of rotatable bonds is 10. The molecule has 5 nitrogen and oxygen atoms in total. The van der Waals surface area contributed by atoms with Gasteiger partial charge in [0.1, 0.15) is 0 Å². The normalized spacial score (nSPS) is 12.8. The van der Waals surface area contributed by atoms with E-state index in [0.29, 0.717) is 19.6 Å². The molecule has 0 aliphatic rings. The number of aliphatic hydroxyl groups is 1. The fraction of sp³-hybridized carbons (Fsp3) is 0.923. The van der Waals surface area contributed by atoms with Crippen LogP contribution >= 0.6 is 0 Å². The van der Waals surface area contributed by atoms with Crippen LogP contribution in [0.3, 0.4) is 0 Å². The molecule has 5 heteroatoms. The molecule has 0 saturated carbocycles. The summed E-state index contributed by atoms with van der Waals surface area (Å²) in [5.74, 6) is 0.0926. The zero-order valence-corrected chi connectivity index (χ0v) is 12.3. The third-order valence-corrected chi connectivity index (χ3v) is 3.14. The Morgan fingerprint density at radius 1 is 1.11 bits per heavy atom. The minimum absolute atomic E-state index is 0.0926. The molecular weight excluding hydrogens is 230 g/mol. The summed E-state index contributed by atoms with van der Waals surface area (Å²) in [6.07, 6.45) is -0.422. The highest BCUT2D eigenvalue weighted by molar-refractivity contribution is 5.78. The summed E-state index contributed by atoms with van der Waals surface area (Å²) in [7, 11) is 0. The maximum absolute atomic E-state index is 11.7. The highest BCUT2D eigenvalue weighted by Crippen LogP contribution is 1.92. The Morgan fingerprint density at radius 3 is 2.11 bits per heavy atom. The van der Waals surface area contributed by atoms with E-state index in [0.717, 1.165) is 26.2 Å². The van der Waals surface area contributed by atoms with Gasteiger partial charge >= 0.3 is 0 Å². The minimum Gasteiger partial charge on any atom is -0.390 e. The molecular formula is C13H29N3O2. The monoisotopic (exact) mass is 259 g/mol. The van der Waals surface area contributed by atoms with Gasteiger partial charge in [-0.2, -0.15) is 0 Å². The number of hydrogen-bond acceptors (Lipinski definition) is 4. The Morgan fingerprint density at radius 2 is 1.67 bits per heavy atom. The SMILES string of the molecule is CCN(CC)CC(O)CNCC(=O)N(CC)CC. The average Bonchev–Trinajstić information content (AvgIpc) is 2.37. The molecule has 2 N–H and O–H groups in total. The molecule has 0 heterocycles. The molecule has 0 saturated heterocycles. The van der Waals surface area contributed by atoms with Gasteiger partial charge in [-0.3, -0.25) is 4.79 Å². The van der Waals surface area contributed by atoms with Crippen LogP contribution in [0.25, 0.3) is 0 Å². The smallest absolute Gasteiger partial charge is 0.236 e. The van der Waals surface area contributed by atoms with E-state index in [1.807, 2.05) is 13.8 Å². The van der Waals surface area contributed by atoms with Crippen LogP contribution in [0.15, 0.2) is 0 Å². The van der Waals surface area contributed by atoms with Crippen LogP contribution in [-0.4, -0.2) is 72.7 Å². The molecule has 0 rings (SSSR count). The first-order valence-electron chi connectivity index (χ1n) is 6.97. The van der Waals surface area contributed by atoms with E-state index < -0.39 is 6.10 Å². The van der Waals surface area contributed by atoms with Crippen molar-refractivity contribution in [2.24, 2.45) is 0 Å². The molecule has 18 heavy (non-hydrogen) atoms. The molecule has 0 spiro atoms. The zero-order chi connectivity index (χ0) is 14.0. The number of carbonyl (C=O) groups excluding carboxylic acids is 1. The Balaban J connectivity index is 3.79. The Hall–Kier alpha value is -0.650. The predicted octanol–water partition coefficient (Wildman–Crippen LogP) is 0.147. The largest absolute Gasteiger partial charge is 0.390 e. The van der Waals surface area contributed by atoms with Crippen molar-refractivity contribution in [3.63, 3.8) is 0 Å². The van der Waals surface area contributed by atoms with Crippen LogP contribution in [0.1, 0.15) is 27.7 Å². The Bertz CT molecular complexity index is 216. The van der Waals surface area contributed by atoms with Gasteiger partial charge in [0.05, 0.1) is 12.6 Å². The standard InChI is InChI=1S/C13H29N3O2/c1-5-15(6-2)11-12(17)9-14-10-13(18)16(7-3)8-4/h12,14,17H,5-11H2,1-4H3. The second-order valence-corrected chi connectivity index (χ2v) is 4.34. The number of hydrogen-bond donors (Lipinski definition) is 2. The lowest BCUT2D eigenvalue weighted by atomic mass is 10.3. The summed E-state index contributed by atoms with van der Waals surface area (Å²) in [6, 6.07) is 0. The quantitative estimate of drug-likeness (QED) is 0.586. The summed E-state index contributed by atoms with van der Waals surface area (Å²) in [5.41, 5.74) is 0. The van der Waals surface area contributed by atoms with Gasteiger partial charge < -0.3 is 20.2 Å². The number of aliphatic hydroxyl groups excluding tert-OH is 1. The summed E-state index contributed by atoms with van der Waals surface area (Å²) in [5, 5.41) is 12.8. The molecule has 0 aliphatic carbocycles. The fourth-order valence-electron chi connectivity index (χ4n) is 1.88. The summed E-state index contributed by atoms with van der Waals surface area (Å²) < 4.78 is 0. The van der Waals surface area contributed by atoms with Gasteiger partial charge in [-0.25, -0.2) is 0 Å². The third kappa shape index (κ3) is 6.93. The lowest BCUT2D eigenvalue weighted by Crippen LogP contribution is -2.43. The van der Waals surface area contributed by atoms with Crippen molar-refractivity contribution in [1.82, 2.24) is 15.1 Å². The lowest BCUT2D eigenvalue weighted by Gasteiger charge is -2.23. The van der Waals surface area contributed by atoms with Gasteiger partial charge in [0.25, 0.3) is 0 Å². The Labute approximate surface area is 111 Å².